The zero-order valence-electron chi connectivity index (χ0n) is 7.27. The molecule has 5 heteroatoms. The second-order valence-electron chi connectivity index (χ2n) is 2.89. The van der Waals surface area contributed by atoms with E-state index in [0.717, 1.165) is 0 Å². The number of aromatic nitrogens is 1. The summed E-state index contributed by atoms with van der Waals surface area (Å²) >= 11 is 5.87. The minimum atomic E-state index is -0.876. The number of hydrogen-bond donors (Lipinski definition) is 2. The Bertz CT molecular complexity index is 455. The molecule has 74 valence electrons. The van der Waals surface area contributed by atoms with Crippen LogP contribution in [0.3, 0.4) is 0 Å². The molecular formula is C9H9ClN2O2. The minimum Gasteiger partial charge on any atom is -0.436 e. The summed E-state index contributed by atoms with van der Waals surface area (Å²) in [5, 5.41) is 9.87. The number of rotatable bonds is 2. The lowest BCUT2D eigenvalue weighted by atomic mass is 10.3. The van der Waals surface area contributed by atoms with Crippen molar-refractivity contribution in [2.24, 2.45) is 5.73 Å². The summed E-state index contributed by atoms with van der Waals surface area (Å²) in [7, 11) is 0. The Balaban J connectivity index is 2.56. The third-order valence-corrected chi connectivity index (χ3v) is 2.19. The molecule has 0 fully saturated rings. The zero-order chi connectivity index (χ0) is 10.1. The maximum absolute atomic E-state index is 9.40. The summed E-state index contributed by atoms with van der Waals surface area (Å²) in [5.41, 5.74) is 6.39. The Morgan fingerprint density at radius 2 is 2.36 bits per heavy atom. The largest absolute Gasteiger partial charge is 0.436 e. The number of nitrogens with zero attached hydrogens (tertiary/aromatic N) is 1. The molecule has 0 aliphatic rings. The molecule has 1 unspecified atom stereocenters. The second-order valence-corrected chi connectivity index (χ2v) is 3.30. The summed E-state index contributed by atoms with van der Waals surface area (Å²) in [5.74, 6) is 0.204. The first-order valence-electron chi connectivity index (χ1n) is 4.15. The fourth-order valence-corrected chi connectivity index (χ4v) is 1.38. The van der Waals surface area contributed by atoms with Crippen molar-refractivity contribution in [1.82, 2.24) is 4.98 Å². The highest BCUT2D eigenvalue weighted by atomic mass is 35.5. The van der Waals surface area contributed by atoms with Gasteiger partial charge in [0.05, 0.1) is 5.02 Å². The molecule has 0 radical (unpaired) electrons. The molecule has 1 heterocycles. The van der Waals surface area contributed by atoms with E-state index in [9.17, 15) is 5.11 Å². The van der Waals surface area contributed by atoms with Gasteiger partial charge >= 0.3 is 0 Å². The molecule has 0 saturated heterocycles. The monoisotopic (exact) mass is 212 g/mol. The molecule has 1 aromatic heterocycles. The van der Waals surface area contributed by atoms with Crippen LogP contribution < -0.4 is 5.73 Å². The highest BCUT2D eigenvalue weighted by Gasteiger charge is 2.14. The first-order valence-corrected chi connectivity index (χ1v) is 4.53. The molecule has 0 bridgehead atoms. The Kier molecular flexibility index (Phi) is 2.41. The molecule has 0 spiro atoms. The average molecular weight is 213 g/mol. The lowest BCUT2D eigenvalue weighted by Crippen LogP contribution is -2.11. The number of aliphatic hydroxyl groups excluding tert-OH is 1. The quantitative estimate of drug-likeness (QED) is 0.791. The number of benzene rings is 1. The highest BCUT2D eigenvalue weighted by Crippen LogP contribution is 2.25. The number of fused-ring (bicyclic) bond motifs is 1. The second kappa shape index (κ2) is 3.57. The first-order chi connectivity index (χ1) is 6.72. The van der Waals surface area contributed by atoms with Gasteiger partial charge in [-0.2, -0.15) is 0 Å². The van der Waals surface area contributed by atoms with Crippen molar-refractivity contribution in [2.45, 2.75) is 6.10 Å². The van der Waals surface area contributed by atoms with E-state index < -0.39 is 6.10 Å². The SMILES string of the molecule is NCC(O)c1nc2cccc(Cl)c2o1. The molecule has 0 saturated carbocycles. The van der Waals surface area contributed by atoms with E-state index in [-0.39, 0.29) is 12.4 Å². The average Bonchev–Trinajstić information content (AvgIpc) is 2.62. The molecule has 2 rings (SSSR count). The van der Waals surface area contributed by atoms with Crippen molar-refractivity contribution in [3.8, 4) is 0 Å². The van der Waals surface area contributed by atoms with Crippen molar-refractivity contribution in [2.75, 3.05) is 6.54 Å². The van der Waals surface area contributed by atoms with E-state index in [1.54, 1.807) is 18.2 Å². The third kappa shape index (κ3) is 1.48. The van der Waals surface area contributed by atoms with Crippen LogP contribution in [0.4, 0.5) is 0 Å². The lowest BCUT2D eigenvalue weighted by molar-refractivity contribution is 0.154. The minimum absolute atomic E-state index is 0.0739. The van der Waals surface area contributed by atoms with Crippen LogP contribution in [0.25, 0.3) is 11.1 Å². The van der Waals surface area contributed by atoms with Crippen LogP contribution in [0.2, 0.25) is 5.02 Å². The van der Waals surface area contributed by atoms with Crippen LogP contribution in [0.15, 0.2) is 22.6 Å². The van der Waals surface area contributed by atoms with E-state index >= 15 is 0 Å². The van der Waals surface area contributed by atoms with Crippen LogP contribution in [0, 0.1) is 0 Å². The maximum atomic E-state index is 9.40. The van der Waals surface area contributed by atoms with Crippen LogP contribution in [0.1, 0.15) is 12.0 Å². The number of hydrogen-bond acceptors (Lipinski definition) is 4. The predicted molar refractivity (Wildman–Crippen MR) is 53.0 cm³/mol. The number of halogens is 1. The Morgan fingerprint density at radius 3 is 3.00 bits per heavy atom. The van der Waals surface area contributed by atoms with E-state index in [0.29, 0.717) is 16.1 Å². The van der Waals surface area contributed by atoms with Gasteiger partial charge in [-0.25, -0.2) is 4.98 Å². The van der Waals surface area contributed by atoms with Gasteiger partial charge in [0, 0.05) is 6.54 Å². The summed E-state index contributed by atoms with van der Waals surface area (Å²) in [6.45, 7) is 0.0739. The number of para-hydroxylation sites is 1. The highest BCUT2D eigenvalue weighted by molar-refractivity contribution is 6.34. The number of nitrogens with two attached hydrogens (primary N) is 1. The Labute approximate surface area is 85.3 Å². The maximum Gasteiger partial charge on any atom is 0.225 e. The van der Waals surface area contributed by atoms with Gasteiger partial charge in [-0.3, -0.25) is 0 Å². The van der Waals surface area contributed by atoms with E-state index in [2.05, 4.69) is 4.98 Å². The van der Waals surface area contributed by atoms with Crippen LogP contribution in [-0.4, -0.2) is 16.6 Å². The molecule has 1 atom stereocenters. The summed E-state index contributed by atoms with van der Waals surface area (Å²) < 4.78 is 5.28. The molecule has 0 amide bonds. The van der Waals surface area contributed by atoms with Gasteiger partial charge in [0.25, 0.3) is 0 Å². The van der Waals surface area contributed by atoms with Crippen molar-refractivity contribution >= 4 is 22.7 Å². The summed E-state index contributed by atoms with van der Waals surface area (Å²) in [4.78, 5) is 4.06. The van der Waals surface area contributed by atoms with Crippen LogP contribution in [-0.2, 0) is 0 Å². The molecule has 2 aromatic rings. The summed E-state index contributed by atoms with van der Waals surface area (Å²) in [6.07, 6.45) is -0.876. The predicted octanol–water partition coefficient (Wildman–Crippen LogP) is 1.47. The van der Waals surface area contributed by atoms with Gasteiger partial charge in [0.1, 0.15) is 11.6 Å². The number of aliphatic hydroxyl groups is 1. The van der Waals surface area contributed by atoms with Gasteiger partial charge < -0.3 is 15.3 Å². The normalized spacial score (nSPS) is 13.4. The van der Waals surface area contributed by atoms with Crippen LogP contribution >= 0.6 is 11.6 Å². The molecule has 3 N–H and O–H groups in total. The lowest BCUT2D eigenvalue weighted by Gasteiger charge is -1.99. The molecular weight excluding hydrogens is 204 g/mol. The van der Waals surface area contributed by atoms with Crippen molar-refractivity contribution < 1.29 is 9.52 Å². The van der Waals surface area contributed by atoms with Gasteiger partial charge in [-0.05, 0) is 12.1 Å². The van der Waals surface area contributed by atoms with Gasteiger partial charge in [-0.1, -0.05) is 17.7 Å². The summed E-state index contributed by atoms with van der Waals surface area (Å²) in [6, 6.07) is 5.23. The first kappa shape index (κ1) is 9.45. The molecule has 0 aliphatic carbocycles. The Morgan fingerprint density at radius 1 is 1.57 bits per heavy atom. The fourth-order valence-electron chi connectivity index (χ4n) is 1.18. The van der Waals surface area contributed by atoms with Gasteiger partial charge in [0.15, 0.2) is 5.58 Å². The van der Waals surface area contributed by atoms with E-state index in [1.165, 1.54) is 0 Å². The Hall–Kier alpha value is -1.10. The van der Waals surface area contributed by atoms with E-state index in [1.807, 2.05) is 0 Å². The molecule has 0 aliphatic heterocycles. The smallest absolute Gasteiger partial charge is 0.225 e. The molecule has 1 aromatic carbocycles. The van der Waals surface area contributed by atoms with E-state index in [4.69, 9.17) is 21.8 Å². The van der Waals surface area contributed by atoms with Gasteiger partial charge in [0.2, 0.25) is 5.89 Å². The van der Waals surface area contributed by atoms with Crippen molar-refractivity contribution in [3.63, 3.8) is 0 Å². The molecule has 14 heavy (non-hydrogen) atoms. The van der Waals surface area contributed by atoms with Crippen LogP contribution in [0.5, 0.6) is 0 Å². The fraction of sp³-hybridized carbons (Fsp3) is 0.222. The zero-order valence-corrected chi connectivity index (χ0v) is 8.03. The van der Waals surface area contributed by atoms with Crippen molar-refractivity contribution in [3.05, 3.63) is 29.1 Å². The topological polar surface area (TPSA) is 72.3 Å². The van der Waals surface area contributed by atoms with Gasteiger partial charge in [-0.15, -0.1) is 0 Å². The standard InChI is InChI=1S/C9H9ClN2O2/c10-5-2-1-3-6-8(5)14-9(12-6)7(13)4-11/h1-3,7,13H,4,11H2. The number of oxazole rings is 1. The third-order valence-electron chi connectivity index (χ3n) is 1.89. The molecule has 4 nitrogen and oxygen atoms in total. The van der Waals surface area contributed by atoms with Crippen molar-refractivity contribution in [1.29, 1.82) is 0 Å².